The third kappa shape index (κ3) is 2.88. The second-order valence-corrected chi connectivity index (χ2v) is 7.40. The fourth-order valence-electron chi connectivity index (χ4n) is 4.47. The van der Waals surface area contributed by atoms with Crippen LogP contribution in [0.4, 0.5) is 4.79 Å². The van der Waals surface area contributed by atoms with Gasteiger partial charge in [-0.2, -0.15) is 0 Å². The van der Waals surface area contributed by atoms with Crippen LogP contribution in [-0.4, -0.2) is 67.0 Å². The van der Waals surface area contributed by atoms with Crippen molar-refractivity contribution in [1.29, 1.82) is 0 Å². The number of hydrogen-bond donors (Lipinski definition) is 0. The zero-order valence-corrected chi connectivity index (χ0v) is 14.9. The fourth-order valence-corrected chi connectivity index (χ4v) is 4.47. The summed E-state index contributed by atoms with van der Waals surface area (Å²) in [4.78, 5) is 29.7. The van der Waals surface area contributed by atoms with E-state index in [0.29, 0.717) is 18.5 Å². The monoisotopic (exact) mass is 343 g/mol. The van der Waals surface area contributed by atoms with Crippen molar-refractivity contribution < 1.29 is 14.3 Å². The second kappa shape index (κ2) is 6.33. The molecule has 3 aliphatic heterocycles. The van der Waals surface area contributed by atoms with Gasteiger partial charge in [0.2, 0.25) is 5.91 Å². The van der Waals surface area contributed by atoms with E-state index in [4.69, 9.17) is 4.74 Å². The summed E-state index contributed by atoms with van der Waals surface area (Å²) in [6.07, 6.45) is 3.10. The molecule has 134 valence electrons. The molecule has 0 spiro atoms. The molecule has 1 aromatic rings. The molecule has 4 rings (SSSR count). The van der Waals surface area contributed by atoms with Gasteiger partial charge in [-0.25, -0.2) is 4.79 Å². The van der Waals surface area contributed by atoms with Gasteiger partial charge in [0.1, 0.15) is 12.3 Å². The molecule has 0 saturated carbocycles. The molecule has 6 nitrogen and oxygen atoms in total. The summed E-state index contributed by atoms with van der Waals surface area (Å²) >= 11 is 0. The molecular formula is C19H25N3O3. The number of methoxy groups -OCH3 is 1. The Morgan fingerprint density at radius 3 is 2.80 bits per heavy atom. The van der Waals surface area contributed by atoms with E-state index in [1.54, 1.807) is 14.2 Å². The van der Waals surface area contributed by atoms with Gasteiger partial charge in [0.05, 0.1) is 7.11 Å². The Labute approximate surface area is 148 Å². The molecule has 2 saturated heterocycles. The zero-order chi connectivity index (χ0) is 17.6. The van der Waals surface area contributed by atoms with Crippen LogP contribution < -0.4 is 4.74 Å². The smallest absolute Gasteiger partial charge is 0.326 e. The highest BCUT2D eigenvalue weighted by Gasteiger charge is 2.38. The van der Waals surface area contributed by atoms with Crippen LogP contribution >= 0.6 is 0 Å². The number of amides is 3. The van der Waals surface area contributed by atoms with E-state index in [9.17, 15) is 9.59 Å². The predicted octanol–water partition coefficient (Wildman–Crippen LogP) is 1.90. The van der Waals surface area contributed by atoms with Crippen molar-refractivity contribution in [3.8, 4) is 5.75 Å². The summed E-state index contributed by atoms with van der Waals surface area (Å²) < 4.78 is 5.36. The second-order valence-electron chi connectivity index (χ2n) is 7.40. The number of urea groups is 1. The lowest BCUT2D eigenvalue weighted by Gasteiger charge is -2.44. The average molecular weight is 343 g/mol. The Hall–Kier alpha value is -2.08. The van der Waals surface area contributed by atoms with Crippen LogP contribution in [0.25, 0.3) is 0 Å². The Morgan fingerprint density at radius 2 is 2.08 bits per heavy atom. The molecule has 25 heavy (non-hydrogen) atoms. The van der Waals surface area contributed by atoms with E-state index >= 15 is 0 Å². The summed E-state index contributed by atoms with van der Waals surface area (Å²) in [5.41, 5.74) is 2.75. The van der Waals surface area contributed by atoms with E-state index in [2.05, 4.69) is 17.0 Å². The summed E-state index contributed by atoms with van der Waals surface area (Å²) in [6, 6.07) is 6.61. The van der Waals surface area contributed by atoms with Crippen molar-refractivity contribution in [1.82, 2.24) is 14.7 Å². The van der Waals surface area contributed by atoms with Crippen molar-refractivity contribution in [3.05, 3.63) is 29.3 Å². The normalized spacial score (nSPS) is 26.6. The van der Waals surface area contributed by atoms with Crippen LogP contribution in [0.3, 0.4) is 0 Å². The minimum Gasteiger partial charge on any atom is -0.497 e. The highest BCUT2D eigenvalue weighted by Crippen LogP contribution is 2.40. The summed E-state index contributed by atoms with van der Waals surface area (Å²) in [6.45, 7) is 2.87. The lowest BCUT2D eigenvalue weighted by atomic mass is 9.82. The minimum atomic E-state index is -0.152. The maximum atomic E-state index is 12.1. The van der Waals surface area contributed by atoms with Crippen molar-refractivity contribution in [2.75, 3.05) is 40.3 Å². The first-order chi connectivity index (χ1) is 12.1. The Balaban J connectivity index is 1.50. The number of rotatable bonds is 3. The van der Waals surface area contributed by atoms with Crippen LogP contribution in [0.15, 0.2) is 18.2 Å². The maximum Gasteiger partial charge on any atom is 0.326 e. The number of likely N-dealkylation sites (N-methyl/N-ethyl adjacent to an activating group) is 1. The van der Waals surface area contributed by atoms with E-state index in [-0.39, 0.29) is 18.5 Å². The van der Waals surface area contributed by atoms with Crippen molar-refractivity contribution >= 4 is 11.9 Å². The highest BCUT2D eigenvalue weighted by atomic mass is 16.5. The number of fused-ring (bicyclic) bond motifs is 3. The van der Waals surface area contributed by atoms with Gasteiger partial charge in [0.15, 0.2) is 0 Å². The molecule has 0 N–H and O–H groups in total. The molecule has 2 atom stereocenters. The van der Waals surface area contributed by atoms with E-state index in [1.807, 2.05) is 6.07 Å². The summed E-state index contributed by atoms with van der Waals surface area (Å²) in [5, 5.41) is 0. The lowest BCUT2D eigenvalue weighted by Crippen LogP contribution is -2.45. The van der Waals surface area contributed by atoms with Gasteiger partial charge < -0.3 is 9.64 Å². The quantitative estimate of drug-likeness (QED) is 0.787. The zero-order valence-electron chi connectivity index (χ0n) is 14.9. The third-order valence-corrected chi connectivity index (χ3v) is 5.87. The molecule has 0 unspecified atom stereocenters. The number of nitrogens with zero attached hydrogens (tertiary/aromatic N) is 3. The molecule has 6 heteroatoms. The van der Waals surface area contributed by atoms with Gasteiger partial charge in [0, 0.05) is 26.2 Å². The summed E-state index contributed by atoms with van der Waals surface area (Å²) in [7, 11) is 3.39. The molecule has 1 aromatic carbocycles. The van der Waals surface area contributed by atoms with Crippen molar-refractivity contribution in [2.24, 2.45) is 5.92 Å². The molecule has 0 bridgehead atoms. The van der Waals surface area contributed by atoms with Crippen LogP contribution in [0.1, 0.15) is 30.0 Å². The molecular weight excluding hydrogens is 318 g/mol. The average Bonchev–Trinajstić information content (AvgIpc) is 2.87. The molecule has 3 heterocycles. The molecule has 3 aliphatic rings. The standard InChI is InChI=1S/C19H25N3O3/c1-20-12-18(23)22(19(20)24)11-13-5-7-21-8-6-14-10-15(25-2)3-4-16(14)17(21)9-13/h3-4,10,13,17H,5-9,11-12H2,1-2H3/t13-,17+/m1/s1. The van der Waals surface area contributed by atoms with Gasteiger partial charge in [-0.15, -0.1) is 0 Å². The minimum absolute atomic E-state index is 0.0660. The molecule has 0 aliphatic carbocycles. The first-order valence-electron chi connectivity index (χ1n) is 9.03. The SMILES string of the molecule is COc1ccc2c(c1)CCN1CC[C@@H](CN3C(=O)CN(C)C3=O)C[C@@H]21. The Morgan fingerprint density at radius 1 is 1.24 bits per heavy atom. The van der Waals surface area contributed by atoms with Gasteiger partial charge in [-0.1, -0.05) is 6.07 Å². The number of imide groups is 1. The van der Waals surface area contributed by atoms with Crippen LogP contribution in [0, 0.1) is 5.92 Å². The van der Waals surface area contributed by atoms with Crippen LogP contribution in [0.2, 0.25) is 0 Å². The lowest BCUT2D eigenvalue weighted by molar-refractivity contribution is -0.126. The predicted molar refractivity (Wildman–Crippen MR) is 93.5 cm³/mol. The maximum absolute atomic E-state index is 12.1. The number of piperidine rings is 1. The fraction of sp³-hybridized carbons (Fsp3) is 0.579. The van der Waals surface area contributed by atoms with Crippen LogP contribution in [0.5, 0.6) is 5.75 Å². The van der Waals surface area contributed by atoms with Crippen LogP contribution in [-0.2, 0) is 11.2 Å². The summed E-state index contributed by atoms with van der Waals surface area (Å²) in [5.74, 6) is 1.22. The molecule has 0 radical (unpaired) electrons. The highest BCUT2D eigenvalue weighted by molar-refractivity contribution is 6.01. The van der Waals surface area contributed by atoms with E-state index < -0.39 is 0 Å². The molecule has 0 aromatic heterocycles. The first-order valence-corrected chi connectivity index (χ1v) is 9.03. The third-order valence-electron chi connectivity index (χ3n) is 5.87. The van der Waals surface area contributed by atoms with Crippen molar-refractivity contribution in [2.45, 2.75) is 25.3 Å². The molecule has 3 amide bonds. The number of hydrogen-bond acceptors (Lipinski definition) is 4. The van der Waals surface area contributed by atoms with Crippen molar-refractivity contribution in [3.63, 3.8) is 0 Å². The number of carbonyl (C=O) groups is 2. The number of ether oxygens (including phenoxy) is 1. The van der Waals surface area contributed by atoms with Gasteiger partial charge in [-0.05, 0) is 55.0 Å². The van der Waals surface area contributed by atoms with Gasteiger partial charge in [0.25, 0.3) is 0 Å². The topological polar surface area (TPSA) is 53.1 Å². The van der Waals surface area contributed by atoms with Gasteiger partial charge >= 0.3 is 6.03 Å². The molecule has 2 fully saturated rings. The van der Waals surface area contributed by atoms with Gasteiger partial charge in [-0.3, -0.25) is 14.6 Å². The Kier molecular flexibility index (Phi) is 4.15. The Bertz CT molecular complexity index is 705. The largest absolute Gasteiger partial charge is 0.497 e. The number of carbonyl (C=O) groups excluding carboxylic acids is 2. The van der Waals surface area contributed by atoms with E-state index in [0.717, 1.165) is 38.1 Å². The first kappa shape index (κ1) is 16.4. The number of benzene rings is 1. The van der Waals surface area contributed by atoms with E-state index in [1.165, 1.54) is 20.9 Å².